The van der Waals surface area contributed by atoms with Crippen LogP contribution in [0.3, 0.4) is 0 Å². The van der Waals surface area contributed by atoms with Crippen molar-refractivity contribution < 1.29 is 23.9 Å². The van der Waals surface area contributed by atoms with E-state index in [0.29, 0.717) is 35.6 Å². The van der Waals surface area contributed by atoms with Crippen LogP contribution in [0.25, 0.3) is 22.3 Å². The first-order chi connectivity index (χ1) is 16.1. The van der Waals surface area contributed by atoms with Crippen molar-refractivity contribution in [1.82, 2.24) is 10.3 Å². The van der Waals surface area contributed by atoms with E-state index >= 15 is 0 Å². The lowest BCUT2D eigenvalue weighted by atomic mass is 9.91. The highest BCUT2D eigenvalue weighted by molar-refractivity contribution is 6.02. The zero-order chi connectivity index (χ0) is 23.4. The fraction of sp³-hybridized carbons (Fsp3) is 0.231. The summed E-state index contributed by atoms with van der Waals surface area (Å²) in [5, 5.41) is 2.74. The van der Waals surface area contributed by atoms with Gasteiger partial charge in [-0.05, 0) is 47.4 Å². The molecule has 1 aromatic heterocycles. The number of hydrogen-bond acceptors (Lipinski definition) is 6. The van der Waals surface area contributed by atoms with Gasteiger partial charge in [-0.15, -0.1) is 0 Å². The summed E-state index contributed by atoms with van der Waals surface area (Å²) in [7, 11) is 1.25. The van der Waals surface area contributed by atoms with E-state index in [1.807, 2.05) is 31.2 Å². The first-order valence-electron chi connectivity index (χ1n) is 10.8. The molecule has 7 heteroatoms. The van der Waals surface area contributed by atoms with Gasteiger partial charge < -0.3 is 14.8 Å². The first-order valence-corrected chi connectivity index (χ1v) is 10.8. The summed E-state index contributed by atoms with van der Waals surface area (Å²) < 4.78 is 10.9. The molecule has 33 heavy (non-hydrogen) atoms. The van der Waals surface area contributed by atoms with Gasteiger partial charge in [-0.25, -0.2) is 9.78 Å². The topological polar surface area (TPSA) is 94.6 Å². The van der Waals surface area contributed by atoms with Crippen LogP contribution in [0.5, 0.6) is 5.75 Å². The monoisotopic (exact) mass is 444 g/mol. The second-order valence-electron chi connectivity index (χ2n) is 7.65. The van der Waals surface area contributed by atoms with Crippen LogP contribution in [0.2, 0.25) is 0 Å². The van der Waals surface area contributed by atoms with Crippen molar-refractivity contribution >= 4 is 18.2 Å². The molecule has 0 atom stereocenters. The molecule has 0 bridgehead atoms. The number of carbonyl (C=O) groups is 3. The van der Waals surface area contributed by atoms with Gasteiger partial charge in [-0.2, -0.15) is 0 Å². The van der Waals surface area contributed by atoms with E-state index in [9.17, 15) is 14.4 Å². The number of esters is 1. The van der Waals surface area contributed by atoms with Crippen LogP contribution in [0, 0.1) is 0 Å². The van der Waals surface area contributed by atoms with Crippen LogP contribution in [0.15, 0.2) is 48.5 Å². The summed E-state index contributed by atoms with van der Waals surface area (Å²) in [6, 6.07) is 14.6. The van der Waals surface area contributed by atoms with Crippen molar-refractivity contribution in [3.05, 3.63) is 71.0 Å². The Bertz CT molecular complexity index is 1240. The Morgan fingerprint density at radius 2 is 1.91 bits per heavy atom. The number of methoxy groups -OCH3 is 1. The van der Waals surface area contributed by atoms with Crippen molar-refractivity contribution in [2.24, 2.45) is 0 Å². The third-order valence-corrected chi connectivity index (χ3v) is 5.55. The number of aldehydes is 1. The summed E-state index contributed by atoms with van der Waals surface area (Å²) in [4.78, 5) is 41.3. The van der Waals surface area contributed by atoms with Gasteiger partial charge in [0.2, 0.25) is 0 Å². The van der Waals surface area contributed by atoms with Crippen LogP contribution in [0.4, 0.5) is 0 Å². The van der Waals surface area contributed by atoms with Crippen LogP contribution < -0.4 is 10.1 Å². The second kappa shape index (κ2) is 9.65. The van der Waals surface area contributed by atoms with Gasteiger partial charge in [0.15, 0.2) is 12.0 Å². The maximum atomic E-state index is 12.6. The lowest BCUT2D eigenvalue weighted by molar-refractivity contribution is 0.0594. The molecule has 1 aliphatic heterocycles. The quantitative estimate of drug-likeness (QED) is 0.455. The molecular weight excluding hydrogens is 420 g/mol. The van der Waals surface area contributed by atoms with E-state index in [1.165, 1.54) is 13.2 Å². The Balaban J connectivity index is 1.87. The van der Waals surface area contributed by atoms with E-state index < -0.39 is 5.97 Å². The van der Waals surface area contributed by atoms with Gasteiger partial charge in [0.05, 0.1) is 13.7 Å². The van der Waals surface area contributed by atoms with Crippen molar-refractivity contribution in [1.29, 1.82) is 0 Å². The zero-order valence-electron chi connectivity index (χ0n) is 18.5. The highest BCUT2D eigenvalue weighted by Crippen LogP contribution is 2.40. The van der Waals surface area contributed by atoms with Crippen molar-refractivity contribution in [3.63, 3.8) is 0 Å². The minimum atomic E-state index is -0.701. The lowest BCUT2D eigenvalue weighted by Crippen LogP contribution is -2.25. The summed E-state index contributed by atoms with van der Waals surface area (Å²) in [5.74, 6) is -0.472. The number of benzene rings is 2. The highest BCUT2D eigenvalue weighted by Gasteiger charge is 2.24. The fourth-order valence-corrected chi connectivity index (χ4v) is 3.91. The number of hydrogen-bond donors (Lipinski definition) is 1. The number of nitrogens with zero attached hydrogens (tertiary/aromatic N) is 1. The molecule has 1 N–H and O–H groups in total. The Kier molecular flexibility index (Phi) is 6.49. The molecule has 0 aliphatic carbocycles. The predicted molar refractivity (Wildman–Crippen MR) is 124 cm³/mol. The molecule has 3 aromatic rings. The molecule has 2 aromatic carbocycles. The average Bonchev–Trinajstić information content (AvgIpc) is 3.04. The third-order valence-electron chi connectivity index (χ3n) is 5.55. The molecule has 0 saturated heterocycles. The number of aromatic nitrogens is 1. The van der Waals surface area contributed by atoms with Crippen LogP contribution >= 0.6 is 0 Å². The van der Waals surface area contributed by atoms with E-state index in [0.717, 1.165) is 35.8 Å². The minimum Gasteiger partial charge on any atom is -0.493 e. The standard InChI is InChI=1S/C26H24N2O5/c1-3-11-27-25(30)22-9-8-19(24(28-22)26(31)32-2)20-14-23-21(13-17(20)15-29)18-7-5-4-6-16(18)10-12-33-23/h4-9,13-15H,3,10-12H2,1-2H3,(H,27,30). The molecule has 0 radical (unpaired) electrons. The summed E-state index contributed by atoms with van der Waals surface area (Å²) >= 11 is 0. The Hall–Kier alpha value is -4.00. The van der Waals surface area contributed by atoms with Crippen molar-refractivity contribution in [2.45, 2.75) is 19.8 Å². The van der Waals surface area contributed by atoms with E-state index in [2.05, 4.69) is 10.3 Å². The van der Waals surface area contributed by atoms with Crippen LogP contribution in [0.1, 0.15) is 50.2 Å². The molecule has 2 heterocycles. The smallest absolute Gasteiger partial charge is 0.357 e. The molecule has 1 amide bonds. The predicted octanol–water partition coefficient (Wildman–Crippen LogP) is 4.09. The van der Waals surface area contributed by atoms with E-state index in [4.69, 9.17) is 9.47 Å². The van der Waals surface area contributed by atoms with Gasteiger partial charge in [0, 0.05) is 29.7 Å². The van der Waals surface area contributed by atoms with Gasteiger partial charge in [-0.1, -0.05) is 31.2 Å². The molecule has 0 spiro atoms. The number of pyridine rings is 1. The minimum absolute atomic E-state index is 0.0429. The molecule has 0 fully saturated rings. The Labute approximate surface area is 191 Å². The zero-order valence-corrected chi connectivity index (χ0v) is 18.5. The molecule has 4 rings (SSSR count). The lowest BCUT2D eigenvalue weighted by Gasteiger charge is -2.15. The van der Waals surface area contributed by atoms with Crippen molar-refractivity contribution in [2.75, 3.05) is 20.3 Å². The normalized spacial score (nSPS) is 11.9. The van der Waals surface area contributed by atoms with Gasteiger partial charge in [0.25, 0.3) is 5.91 Å². The molecule has 168 valence electrons. The Morgan fingerprint density at radius 1 is 1.09 bits per heavy atom. The van der Waals surface area contributed by atoms with Gasteiger partial charge >= 0.3 is 5.97 Å². The summed E-state index contributed by atoms with van der Waals surface area (Å²) in [6.07, 6.45) is 2.26. The number of carbonyl (C=O) groups excluding carboxylic acids is 3. The van der Waals surface area contributed by atoms with Crippen LogP contribution in [-0.2, 0) is 11.2 Å². The van der Waals surface area contributed by atoms with Crippen LogP contribution in [-0.4, -0.2) is 43.4 Å². The molecule has 7 nitrogen and oxygen atoms in total. The first kappa shape index (κ1) is 22.2. The maximum Gasteiger partial charge on any atom is 0.357 e. The number of ether oxygens (including phenoxy) is 2. The van der Waals surface area contributed by atoms with Gasteiger partial charge in [-0.3, -0.25) is 9.59 Å². The third kappa shape index (κ3) is 4.35. The molecule has 0 unspecified atom stereocenters. The highest BCUT2D eigenvalue weighted by atomic mass is 16.5. The summed E-state index contributed by atoms with van der Waals surface area (Å²) in [5.41, 5.74) is 4.27. The largest absolute Gasteiger partial charge is 0.493 e. The SMILES string of the molecule is CCCNC(=O)c1ccc(-c2cc3c(cc2C=O)-c2ccccc2CCO3)c(C(=O)OC)n1. The maximum absolute atomic E-state index is 12.6. The molecular formula is C26H24N2O5. The average molecular weight is 444 g/mol. The number of fused-ring (bicyclic) bond motifs is 3. The number of amides is 1. The second-order valence-corrected chi connectivity index (χ2v) is 7.65. The van der Waals surface area contributed by atoms with Crippen molar-refractivity contribution in [3.8, 4) is 28.0 Å². The fourth-order valence-electron chi connectivity index (χ4n) is 3.91. The molecule has 0 saturated carbocycles. The molecule has 1 aliphatic rings. The van der Waals surface area contributed by atoms with Gasteiger partial charge in [0.1, 0.15) is 11.4 Å². The van der Waals surface area contributed by atoms with E-state index in [1.54, 1.807) is 18.2 Å². The number of nitrogens with one attached hydrogen (secondary N) is 1. The summed E-state index contributed by atoms with van der Waals surface area (Å²) in [6.45, 7) is 2.92. The Morgan fingerprint density at radius 3 is 2.67 bits per heavy atom. The number of rotatable bonds is 6. The van der Waals surface area contributed by atoms with E-state index in [-0.39, 0.29) is 17.3 Å².